The van der Waals surface area contributed by atoms with Crippen molar-refractivity contribution in [2.75, 3.05) is 44.8 Å². The van der Waals surface area contributed by atoms with Gasteiger partial charge in [0.25, 0.3) is 0 Å². The molecule has 0 aromatic carbocycles. The second-order valence-corrected chi connectivity index (χ2v) is 4.42. The quantitative estimate of drug-likeness (QED) is 0.763. The third kappa shape index (κ3) is 3.62. The predicted molar refractivity (Wildman–Crippen MR) is 68.7 cm³/mol. The number of anilines is 1. The van der Waals surface area contributed by atoms with Crippen LogP contribution in [0.3, 0.4) is 0 Å². The number of likely N-dealkylation sites (N-methyl/N-ethyl adjacent to an activating group) is 1. The van der Waals surface area contributed by atoms with Gasteiger partial charge in [-0.15, -0.1) is 0 Å². The Bertz CT molecular complexity index is 415. The Morgan fingerprint density at radius 1 is 1.58 bits per heavy atom. The molecular weight excluding hydrogens is 248 g/mol. The van der Waals surface area contributed by atoms with Crippen molar-refractivity contribution in [2.24, 2.45) is 0 Å². The zero-order valence-corrected chi connectivity index (χ0v) is 10.9. The average molecular weight is 266 g/mol. The zero-order chi connectivity index (χ0) is 13.7. The molecule has 7 nitrogen and oxygen atoms in total. The van der Waals surface area contributed by atoms with E-state index in [4.69, 9.17) is 9.84 Å². The molecule has 104 valence electrons. The number of ether oxygens (including phenoxy) is 1. The first kappa shape index (κ1) is 13.7. The first-order valence-corrected chi connectivity index (χ1v) is 6.19. The van der Waals surface area contributed by atoms with Crippen molar-refractivity contribution in [3.8, 4) is 0 Å². The minimum atomic E-state index is -0.281. The molecule has 1 amide bonds. The molecule has 0 saturated carbocycles. The van der Waals surface area contributed by atoms with E-state index >= 15 is 0 Å². The number of carbonyl (C=O) groups excluding carboxylic acids is 1. The van der Waals surface area contributed by atoms with Gasteiger partial charge < -0.3 is 19.6 Å². The summed E-state index contributed by atoms with van der Waals surface area (Å²) < 4.78 is 5.31. The molecule has 7 heteroatoms. The van der Waals surface area contributed by atoms with Gasteiger partial charge in [0.05, 0.1) is 25.9 Å². The molecule has 1 fully saturated rings. The second kappa shape index (κ2) is 6.44. The number of hydrogen-bond donors (Lipinski definition) is 1. The van der Waals surface area contributed by atoms with E-state index in [0.29, 0.717) is 25.6 Å². The molecule has 1 N–H and O–H groups in total. The SMILES string of the molecule is CN(CC(=O)N1CCOC(CO)C1)c1ncccn1. The van der Waals surface area contributed by atoms with Crippen LogP contribution in [0.15, 0.2) is 18.5 Å². The van der Waals surface area contributed by atoms with E-state index < -0.39 is 0 Å². The molecule has 2 heterocycles. The number of morpholine rings is 1. The largest absolute Gasteiger partial charge is 0.394 e. The molecule has 1 aliphatic rings. The maximum Gasteiger partial charge on any atom is 0.242 e. The van der Waals surface area contributed by atoms with Crippen molar-refractivity contribution in [1.29, 1.82) is 0 Å². The van der Waals surface area contributed by atoms with E-state index in [9.17, 15) is 4.79 Å². The first-order chi connectivity index (χ1) is 9.20. The Kier molecular flexibility index (Phi) is 4.64. The fourth-order valence-electron chi connectivity index (χ4n) is 1.92. The number of carbonyl (C=O) groups is 1. The van der Waals surface area contributed by atoms with Gasteiger partial charge in [0, 0.05) is 32.5 Å². The lowest BCUT2D eigenvalue weighted by Crippen LogP contribution is -2.49. The van der Waals surface area contributed by atoms with Gasteiger partial charge in [-0.3, -0.25) is 4.79 Å². The molecule has 1 aromatic heterocycles. The smallest absolute Gasteiger partial charge is 0.242 e. The van der Waals surface area contributed by atoms with Crippen molar-refractivity contribution in [2.45, 2.75) is 6.10 Å². The number of aromatic nitrogens is 2. The minimum absolute atomic E-state index is 0.0169. The maximum absolute atomic E-state index is 12.1. The van der Waals surface area contributed by atoms with Crippen molar-refractivity contribution in [1.82, 2.24) is 14.9 Å². The predicted octanol–water partition coefficient (Wildman–Crippen LogP) is -0.867. The maximum atomic E-state index is 12.1. The molecule has 0 aliphatic carbocycles. The Hall–Kier alpha value is -1.73. The van der Waals surface area contributed by atoms with Gasteiger partial charge >= 0.3 is 0 Å². The fraction of sp³-hybridized carbons (Fsp3) is 0.583. The number of hydrogen-bond acceptors (Lipinski definition) is 6. The highest BCUT2D eigenvalue weighted by molar-refractivity contribution is 5.80. The highest BCUT2D eigenvalue weighted by Crippen LogP contribution is 2.07. The fourth-order valence-corrected chi connectivity index (χ4v) is 1.92. The molecule has 2 rings (SSSR count). The molecule has 19 heavy (non-hydrogen) atoms. The monoisotopic (exact) mass is 266 g/mol. The van der Waals surface area contributed by atoms with Crippen LogP contribution >= 0.6 is 0 Å². The second-order valence-electron chi connectivity index (χ2n) is 4.42. The van der Waals surface area contributed by atoms with Crippen LogP contribution in [-0.2, 0) is 9.53 Å². The molecule has 0 radical (unpaired) electrons. The number of rotatable bonds is 4. The Morgan fingerprint density at radius 3 is 3.00 bits per heavy atom. The molecule has 1 atom stereocenters. The van der Waals surface area contributed by atoms with Gasteiger partial charge in [-0.1, -0.05) is 0 Å². The number of nitrogens with zero attached hydrogens (tertiary/aromatic N) is 4. The van der Waals surface area contributed by atoms with Crippen molar-refractivity contribution in [3.63, 3.8) is 0 Å². The van der Waals surface area contributed by atoms with E-state index in [1.807, 2.05) is 0 Å². The Balaban J connectivity index is 1.90. The Labute approximate surface area is 111 Å². The lowest BCUT2D eigenvalue weighted by Gasteiger charge is -2.33. The van der Waals surface area contributed by atoms with E-state index in [1.165, 1.54) is 0 Å². The van der Waals surface area contributed by atoms with E-state index in [1.54, 1.807) is 35.3 Å². The van der Waals surface area contributed by atoms with Crippen LogP contribution in [0.2, 0.25) is 0 Å². The molecule has 1 aromatic rings. The van der Waals surface area contributed by atoms with Crippen LogP contribution in [0, 0.1) is 0 Å². The summed E-state index contributed by atoms with van der Waals surface area (Å²) in [7, 11) is 1.78. The normalized spacial score (nSPS) is 19.3. The average Bonchev–Trinajstić information content (AvgIpc) is 2.48. The zero-order valence-electron chi connectivity index (χ0n) is 10.9. The third-order valence-electron chi connectivity index (χ3n) is 2.96. The van der Waals surface area contributed by atoms with Gasteiger partial charge in [0.2, 0.25) is 11.9 Å². The summed E-state index contributed by atoms with van der Waals surface area (Å²) in [4.78, 5) is 23.7. The van der Waals surface area contributed by atoms with Gasteiger partial charge in [-0.05, 0) is 6.07 Å². The molecule has 1 saturated heterocycles. The summed E-state index contributed by atoms with van der Waals surface area (Å²) in [6.45, 7) is 1.59. The van der Waals surface area contributed by atoms with Crippen LogP contribution in [0.25, 0.3) is 0 Å². The number of amides is 1. The van der Waals surface area contributed by atoms with Crippen LogP contribution in [0.1, 0.15) is 0 Å². The highest BCUT2D eigenvalue weighted by Gasteiger charge is 2.24. The van der Waals surface area contributed by atoms with Gasteiger partial charge in [-0.2, -0.15) is 0 Å². The summed E-state index contributed by atoms with van der Waals surface area (Å²) >= 11 is 0. The van der Waals surface area contributed by atoms with E-state index in [-0.39, 0.29) is 25.2 Å². The highest BCUT2D eigenvalue weighted by atomic mass is 16.5. The van der Waals surface area contributed by atoms with Crippen molar-refractivity contribution >= 4 is 11.9 Å². The number of aliphatic hydroxyl groups is 1. The van der Waals surface area contributed by atoms with Crippen molar-refractivity contribution in [3.05, 3.63) is 18.5 Å². The lowest BCUT2D eigenvalue weighted by atomic mass is 10.3. The standard InChI is InChI=1S/C12H18N4O3/c1-15(12-13-3-2-4-14-12)8-11(18)16-5-6-19-10(7-16)9-17/h2-4,10,17H,5-9H2,1H3. The summed E-state index contributed by atoms with van der Waals surface area (Å²) in [6.07, 6.45) is 3.00. The molecule has 1 aliphatic heterocycles. The van der Waals surface area contributed by atoms with E-state index in [2.05, 4.69) is 9.97 Å². The van der Waals surface area contributed by atoms with E-state index in [0.717, 1.165) is 0 Å². The molecule has 0 spiro atoms. The first-order valence-electron chi connectivity index (χ1n) is 6.19. The topological polar surface area (TPSA) is 78.8 Å². The molecule has 0 bridgehead atoms. The van der Waals surface area contributed by atoms with Crippen LogP contribution in [-0.4, -0.2) is 71.9 Å². The lowest BCUT2D eigenvalue weighted by molar-refractivity contribution is -0.138. The summed E-state index contributed by atoms with van der Waals surface area (Å²) in [5.41, 5.74) is 0. The molecular formula is C12H18N4O3. The van der Waals surface area contributed by atoms with Crippen LogP contribution < -0.4 is 4.90 Å². The van der Waals surface area contributed by atoms with Gasteiger partial charge in [0.1, 0.15) is 0 Å². The molecule has 1 unspecified atom stereocenters. The summed E-state index contributed by atoms with van der Waals surface area (Å²) in [5, 5.41) is 9.06. The number of aliphatic hydroxyl groups excluding tert-OH is 1. The summed E-state index contributed by atoms with van der Waals surface area (Å²) in [5.74, 6) is 0.500. The third-order valence-corrected chi connectivity index (χ3v) is 2.96. The minimum Gasteiger partial charge on any atom is -0.394 e. The van der Waals surface area contributed by atoms with Gasteiger partial charge in [0.15, 0.2) is 0 Å². The van der Waals surface area contributed by atoms with Crippen LogP contribution in [0.4, 0.5) is 5.95 Å². The Morgan fingerprint density at radius 2 is 2.32 bits per heavy atom. The summed E-state index contributed by atoms with van der Waals surface area (Å²) in [6, 6.07) is 1.73. The van der Waals surface area contributed by atoms with Gasteiger partial charge in [-0.25, -0.2) is 9.97 Å². The van der Waals surface area contributed by atoms with Crippen LogP contribution in [0.5, 0.6) is 0 Å². The van der Waals surface area contributed by atoms with Crippen molar-refractivity contribution < 1.29 is 14.6 Å².